The molecule has 0 spiro atoms. The summed E-state index contributed by atoms with van der Waals surface area (Å²) in [5, 5.41) is 0. The van der Waals surface area contributed by atoms with Gasteiger partial charge < -0.3 is 18.9 Å². The maximum atomic E-state index is 12.5. The van der Waals surface area contributed by atoms with Gasteiger partial charge in [0.05, 0.1) is 7.11 Å². The smallest absolute Gasteiger partial charge is 0.324 e. The summed E-state index contributed by atoms with van der Waals surface area (Å²) in [6, 6.07) is 7.00. The van der Waals surface area contributed by atoms with Crippen LogP contribution in [0, 0.1) is 5.92 Å². The molecule has 0 radical (unpaired) electrons. The predicted molar refractivity (Wildman–Crippen MR) is 91.3 cm³/mol. The van der Waals surface area contributed by atoms with Crippen molar-refractivity contribution in [3.05, 3.63) is 42.0 Å². The van der Waals surface area contributed by atoms with E-state index in [0.717, 1.165) is 0 Å². The van der Waals surface area contributed by atoms with Crippen molar-refractivity contribution in [3.8, 4) is 5.75 Å². The Hall–Kier alpha value is -2.83. The van der Waals surface area contributed by atoms with Crippen LogP contribution in [-0.2, 0) is 28.6 Å². The van der Waals surface area contributed by atoms with Gasteiger partial charge in [-0.25, -0.2) is 0 Å². The number of ether oxygens (including phenoxy) is 4. The van der Waals surface area contributed by atoms with E-state index >= 15 is 0 Å². The molecule has 0 aromatic heterocycles. The average molecular weight is 362 g/mol. The van der Waals surface area contributed by atoms with Crippen LogP contribution < -0.4 is 4.74 Å². The van der Waals surface area contributed by atoms with Crippen LogP contribution in [0.1, 0.15) is 32.3 Å². The predicted octanol–water partition coefficient (Wildman–Crippen LogP) is 2.35. The standard InChI is InChI=1S/C19H22O7/c1-12(20)24-10-6-9-15(13-7-5-8-14(11-13)23-4)16-17(21)25-19(2,3)26-18(16)22/h5-9,11,15-16H,10H2,1-4H3/b9-6+. The van der Waals surface area contributed by atoms with Crippen molar-refractivity contribution in [2.24, 2.45) is 5.92 Å². The summed E-state index contributed by atoms with van der Waals surface area (Å²) in [7, 11) is 1.52. The molecule has 1 aromatic carbocycles. The number of hydrogen-bond acceptors (Lipinski definition) is 7. The van der Waals surface area contributed by atoms with E-state index in [1.807, 2.05) is 0 Å². The fraction of sp³-hybridized carbons (Fsp3) is 0.421. The molecular formula is C19H22O7. The minimum Gasteiger partial charge on any atom is -0.497 e. The zero-order valence-corrected chi connectivity index (χ0v) is 15.2. The molecule has 7 heteroatoms. The monoisotopic (exact) mass is 362 g/mol. The first kappa shape index (κ1) is 19.5. The number of carbonyl (C=O) groups excluding carboxylic acids is 3. The highest BCUT2D eigenvalue weighted by molar-refractivity contribution is 5.98. The molecule has 0 bridgehead atoms. The van der Waals surface area contributed by atoms with Gasteiger partial charge in [0.1, 0.15) is 12.4 Å². The molecule has 1 fully saturated rings. The molecule has 1 aliphatic rings. The van der Waals surface area contributed by atoms with Gasteiger partial charge in [-0.15, -0.1) is 0 Å². The third-order valence-electron chi connectivity index (χ3n) is 3.76. The maximum absolute atomic E-state index is 12.5. The first-order chi connectivity index (χ1) is 12.2. The highest BCUT2D eigenvalue weighted by atomic mass is 16.7. The highest BCUT2D eigenvalue weighted by Crippen LogP contribution is 2.35. The molecular weight excluding hydrogens is 340 g/mol. The minimum absolute atomic E-state index is 0.0259. The molecule has 1 aromatic rings. The van der Waals surface area contributed by atoms with Crippen LogP contribution in [0.3, 0.4) is 0 Å². The summed E-state index contributed by atoms with van der Waals surface area (Å²) in [6.45, 7) is 4.32. The summed E-state index contributed by atoms with van der Waals surface area (Å²) < 4.78 is 20.5. The largest absolute Gasteiger partial charge is 0.497 e. The molecule has 1 unspecified atom stereocenters. The molecule has 2 rings (SSSR count). The summed E-state index contributed by atoms with van der Waals surface area (Å²) in [5.74, 6) is -4.30. The molecule has 26 heavy (non-hydrogen) atoms. The SMILES string of the molecule is COc1cccc(C(/C=C/COC(C)=O)C2C(=O)OC(C)(C)OC2=O)c1. The summed E-state index contributed by atoms with van der Waals surface area (Å²) >= 11 is 0. The first-order valence-electron chi connectivity index (χ1n) is 8.13. The topological polar surface area (TPSA) is 88.1 Å². The van der Waals surface area contributed by atoms with Gasteiger partial charge in [-0.2, -0.15) is 0 Å². The molecule has 1 saturated heterocycles. The van der Waals surface area contributed by atoms with Crippen LogP contribution in [0.2, 0.25) is 0 Å². The fourth-order valence-electron chi connectivity index (χ4n) is 2.65. The lowest BCUT2D eigenvalue weighted by Gasteiger charge is -2.35. The second kappa shape index (κ2) is 8.03. The Morgan fingerprint density at radius 2 is 1.92 bits per heavy atom. The lowest BCUT2D eigenvalue weighted by Crippen LogP contribution is -2.48. The quantitative estimate of drug-likeness (QED) is 0.436. The normalized spacial score (nSPS) is 18.2. The van der Waals surface area contributed by atoms with Gasteiger partial charge in [0.15, 0.2) is 5.92 Å². The zero-order valence-electron chi connectivity index (χ0n) is 15.2. The van der Waals surface area contributed by atoms with Crippen LogP contribution in [0.5, 0.6) is 5.75 Å². The van der Waals surface area contributed by atoms with E-state index in [4.69, 9.17) is 18.9 Å². The third-order valence-corrected chi connectivity index (χ3v) is 3.76. The van der Waals surface area contributed by atoms with Crippen molar-refractivity contribution in [1.29, 1.82) is 0 Å². The number of benzene rings is 1. The van der Waals surface area contributed by atoms with Crippen LogP contribution in [0.15, 0.2) is 36.4 Å². The summed E-state index contributed by atoms with van der Waals surface area (Å²) in [5.41, 5.74) is 0.669. The Morgan fingerprint density at radius 1 is 1.27 bits per heavy atom. The Morgan fingerprint density at radius 3 is 2.50 bits per heavy atom. The third kappa shape index (κ3) is 4.84. The van der Waals surface area contributed by atoms with E-state index in [-0.39, 0.29) is 6.61 Å². The van der Waals surface area contributed by atoms with Crippen LogP contribution >= 0.6 is 0 Å². The fourth-order valence-corrected chi connectivity index (χ4v) is 2.65. The van der Waals surface area contributed by atoms with Crippen molar-refractivity contribution in [2.45, 2.75) is 32.5 Å². The van der Waals surface area contributed by atoms with E-state index in [0.29, 0.717) is 11.3 Å². The van der Waals surface area contributed by atoms with Crippen molar-refractivity contribution < 1.29 is 33.3 Å². The zero-order chi connectivity index (χ0) is 19.3. The lowest BCUT2D eigenvalue weighted by atomic mass is 9.84. The van der Waals surface area contributed by atoms with Crippen molar-refractivity contribution in [1.82, 2.24) is 0 Å². The van der Waals surface area contributed by atoms with E-state index in [2.05, 4.69) is 0 Å². The van der Waals surface area contributed by atoms with Gasteiger partial charge in [0, 0.05) is 26.7 Å². The number of hydrogen-bond donors (Lipinski definition) is 0. The summed E-state index contributed by atoms with van der Waals surface area (Å²) in [6.07, 6.45) is 3.20. The second-order valence-corrected chi connectivity index (χ2v) is 6.25. The van der Waals surface area contributed by atoms with Gasteiger partial charge in [-0.1, -0.05) is 24.3 Å². The van der Waals surface area contributed by atoms with Gasteiger partial charge >= 0.3 is 17.9 Å². The van der Waals surface area contributed by atoms with E-state index in [9.17, 15) is 14.4 Å². The van der Waals surface area contributed by atoms with Gasteiger partial charge in [-0.05, 0) is 17.7 Å². The molecule has 1 atom stereocenters. The van der Waals surface area contributed by atoms with E-state index < -0.39 is 35.5 Å². The van der Waals surface area contributed by atoms with Crippen molar-refractivity contribution in [2.75, 3.05) is 13.7 Å². The number of allylic oxidation sites excluding steroid dienone is 1. The van der Waals surface area contributed by atoms with Crippen molar-refractivity contribution in [3.63, 3.8) is 0 Å². The first-order valence-corrected chi connectivity index (χ1v) is 8.13. The second-order valence-electron chi connectivity index (χ2n) is 6.25. The molecule has 7 nitrogen and oxygen atoms in total. The minimum atomic E-state index is -1.30. The number of methoxy groups -OCH3 is 1. The maximum Gasteiger partial charge on any atom is 0.324 e. The van der Waals surface area contributed by atoms with Gasteiger partial charge in [0.25, 0.3) is 5.79 Å². The molecule has 140 valence electrons. The molecule has 1 heterocycles. The Bertz CT molecular complexity index is 700. The van der Waals surface area contributed by atoms with Crippen LogP contribution in [0.4, 0.5) is 0 Å². The Balaban J connectivity index is 2.34. The number of rotatable bonds is 6. The number of esters is 3. The van der Waals surface area contributed by atoms with Gasteiger partial charge in [0.2, 0.25) is 0 Å². The number of cyclic esters (lactones) is 2. The summed E-state index contributed by atoms with van der Waals surface area (Å²) in [4.78, 5) is 35.8. The average Bonchev–Trinajstić information content (AvgIpc) is 2.55. The molecule has 0 N–H and O–H groups in total. The lowest BCUT2D eigenvalue weighted by molar-refractivity contribution is -0.240. The Labute approximate surface area is 151 Å². The Kier molecular flexibility index (Phi) is 6.02. The molecule has 1 aliphatic heterocycles. The van der Waals surface area contributed by atoms with Gasteiger partial charge in [-0.3, -0.25) is 14.4 Å². The van der Waals surface area contributed by atoms with Crippen LogP contribution in [0.25, 0.3) is 0 Å². The molecule has 0 saturated carbocycles. The number of carbonyl (C=O) groups is 3. The highest BCUT2D eigenvalue weighted by Gasteiger charge is 2.46. The molecule has 0 amide bonds. The van der Waals surface area contributed by atoms with E-state index in [1.165, 1.54) is 27.9 Å². The van der Waals surface area contributed by atoms with Crippen molar-refractivity contribution >= 4 is 17.9 Å². The molecule has 0 aliphatic carbocycles. The van der Waals surface area contributed by atoms with Crippen LogP contribution in [-0.4, -0.2) is 37.4 Å². The van der Waals surface area contributed by atoms with E-state index in [1.54, 1.807) is 36.4 Å².